The summed E-state index contributed by atoms with van der Waals surface area (Å²) < 4.78 is 5.57. The van der Waals surface area contributed by atoms with Crippen molar-refractivity contribution in [1.82, 2.24) is 5.32 Å². The van der Waals surface area contributed by atoms with Crippen LogP contribution in [0.2, 0.25) is 0 Å². The van der Waals surface area contributed by atoms with Crippen LogP contribution in [0, 0.1) is 0 Å². The van der Waals surface area contributed by atoms with Crippen LogP contribution in [0.25, 0.3) is 0 Å². The molecule has 1 aliphatic heterocycles. The lowest BCUT2D eigenvalue weighted by atomic mass is 10.1. The summed E-state index contributed by atoms with van der Waals surface area (Å²) in [6, 6.07) is 7.47. The fraction of sp³-hybridized carbons (Fsp3) is 0.385. The highest BCUT2D eigenvalue weighted by Gasteiger charge is 2.28. The molecule has 0 bridgehead atoms. The Morgan fingerprint density at radius 1 is 1.22 bits per heavy atom. The zero-order chi connectivity index (χ0) is 13.1. The number of benzene rings is 1. The summed E-state index contributed by atoms with van der Waals surface area (Å²) in [6.07, 6.45) is 0.180. The topological polar surface area (TPSA) is 58.6 Å². The number of imide groups is 1. The van der Waals surface area contributed by atoms with E-state index >= 15 is 0 Å². The highest BCUT2D eigenvalue weighted by Crippen LogP contribution is 2.20. The minimum absolute atomic E-state index is 0.234. The average Bonchev–Trinajstić information content (AvgIpc) is 2.33. The van der Waals surface area contributed by atoms with Gasteiger partial charge in [0.1, 0.15) is 5.75 Å². The maximum atomic E-state index is 11.5. The molecular formula is C13H16N2O3. The number of hydrogen-bond donors (Lipinski definition) is 1. The van der Waals surface area contributed by atoms with Crippen LogP contribution in [0.4, 0.5) is 5.69 Å². The molecule has 0 aliphatic carbocycles. The van der Waals surface area contributed by atoms with Gasteiger partial charge >= 0.3 is 0 Å². The average molecular weight is 248 g/mol. The quantitative estimate of drug-likeness (QED) is 0.809. The Hall–Kier alpha value is -2.04. The maximum absolute atomic E-state index is 11.5. The van der Waals surface area contributed by atoms with Crippen molar-refractivity contribution in [3.05, 3.63) is 24.3 Å². The van der Waals surface area contributed by atoms with Crippen LogP contribution in [0.5, 0.6) is 5.75 Å². The van der Waals surface area contributed by atoms with Crippen molar-refractivity contribution in [3.8, 4) is 5.75 Å². The van der Waals surface area contributed by atoms with Gasteiger partial charge in [-0.2, -0.15) is 0 Å². The van der Waals surface area contributed by atoms with E-state index < -0.39 is 6.10 Å². The molecule has 1 heterocycles. The molecule has 2 rings (SSSR count). The van der Waals surface area contributed by atoms with Gasteiger partial charge in [-0.1, -0.05) is 0 Å². The van der Waals surface area contributed by atoms with Crippen LogP contribution in [0.3, 0.4) is 0 Å². The molecule has 0 radical (unpaired) electrons. The lowest BCUT2D eigenvalue weighted by Crippen LogP contribution is -2.46. The molecular weight excluding hydrogens is 232 g/mol. The third-order valence-electron chi connectivity index (χ3n) is 2.82. The van der Waals surface area contributed by atoms with E-state index in [0.29, 0.717) is 18.6 Å². The highest BCUT2D eigenvalue weighted by atomic mass is 16.5. The minimum Gasteiger partial charge on any atom is -0.481 e. The summed E-state index contributed by atoms with van der Waals surface area (Å²) in [4.78, 5) is 24.5. The number of rotatable bonds is 3. The number of amides is 2. The van der Waals surface area contributed by atoms with Crippen LogP contribution < -0.4 is 15.0 Å². The predicted molar refractivity (Wildman–Crippen MR) is 67.6 cm³/mol. The van der Waals surface area contributed by atoms with Crippen LogP contribution in [-0.2, 0) is 9.59 Å². The smallest absolute Gasteiger partial charge is 0.267 e. The number of piperidine rings is 1. The first-order chi connectivity index (χ1) is 8.56. The number of nitrogens with zero attached hydrogens (tertiary/aromatic N) is 1. The second-order valence-corrected chi connectivity index (χ2v) is 4.45. The Bertz CT molecular complexity index is 454. The van der Waals surface area contributed by atoms with Crippen LogP contribution in [-0.4, -0.2) is 32.0 Å². The molecule has 5 nitrogen and oxygen atoms in total. The van der Waals surface area contributed by atoms with E-state index in [9.17, 15) is 9.59 Å². The van der Waals surface area contributed by atoms with Gasteiger partial charge in [0.2, 0.25) is 5.91 Å². The molecule has 0 aromatic heterocycles. The third-order valence-corrected chi connectivity index (χ3v) is 2.82. The summed E-state index contributed by atoms with van der Waals surface area (Å²) in [5.74, 6) is 0.0424. The van der Waals surface area contributed by atoms with E-state index in [2.05, 4.69) is 5.32 Å². The van der Waals surface area contributed by atoms with Crippen LogP contribution in [0.15, 0.2) is 24.3 Å². The van der Waals surface area contributed by atoms with E-state index in [1.807, 2.05) is 43.3 Å². The minimum atomic E-state index is -0.576. The van der Waals surface area contributed by atoms with Gasteiger partial charge in [0.15, 0.2) is 6.10 Å². The normalized spacial score (nSPS) is 19.3. The zero-order valence-electron chi connectivity index (χ0n) is 10.5. The Kier molecular flexibility index (Phi) is 3.50. The summed E-state index contributed by atoms with van der Waals surface area (Å²) >= 11 is 0. The summed E-state index contributed by atoms with van der Waals surface area (Å²) in [7, 11) is 3.91. The van der Waals surface area contributed by atoms with E-state index in [1.165, 1.54) is 0 Å². The van der Waals surface area contributed by atoms with Crippen molar-refractivity contribution >= 4 is 17.5 Å². The summed E-state index contributed by atoms with van der Waals surface area (Å²) in [6.45, 7) is 0. The molecule has 1 saturated heterocycles. The standard InChI is InChI=1S/C13H16N2O3/c1-15(2)9-3-5-10(6-4-9)18-11-7-8-12(16)14-13(11)17/h3-6,11H,7-8H2,1-2H3,(H,14,16,17). The molecule has 1 aromatic carbocycles. The lowest BCUT2D eigenvalue weighted by Gasteiger charge is -2.22. The van der Waals surface area contributed by atoms with Crippen molar-refractivity contribution in [3.63, 3.8) is 0 Å². The van der Waals surface area contributed by atoms with E-state index in [-0.39, 0.29) is 11.8 Å². The van der Waals surface area contributed by atoms with Gasteiger partial charge < -0.3 is 9.64 Å². The molecule has 96 valence electrons. The van der Waals surface area contributed by atoms with Gasteiger partial charge in [-0.25, -0.2) is 0 Å². The maximum Gasteiger partial charge on any atom is 0.267 e. The van der Waals surface area contributed by atoms with Crippen LogP contribution in [0.1, 0.15) is 12.8 Å². The van der Waals surface area contributed by atoms with Crippen molar-refractivity contribution in [1.29, 1.82) is 0 Å². The Labute approximate surface area is 106 Å². The molecule has 0 saturated carbocycles. The first-order valence-electron chi connectivity index (χ1n) is 5.84. The zero-order valence-corrected chi connectivity index (χ0v) is 10.5. The first-order valence-corrected chi connectivity index (χ1v) is 5.84. The molecule has 5 heteroatoms. The summed E-state index contributed by atoms with van der Waals surface area (Å²) in [5, 5.41) is 2.27. The Balaban J connectivity index is 2.01. The molecule has 1 aromatic rings. The number of carbonyl (C=O) groups excluding carboxylic acids is 2. The first kappa shape index (κ1) is 12.4. The fourth-order valence-electron chi connectivity index (χ4n) is 1.77. The van der Waals surface area contributed by atoms with E-state index in [1.54, 1.807) is 0 Å². The third kappa shape index (κ3) is 2.80. The van der Waals surface area contributed by atoms with Gasteiger partial charge in [-0.3, -0.25) is 14.9 Å². The second-order valence-electron chi connectivity index (χ2n) is 4.45. The molecule has 1 fully saturated rings. The molecule has 1 aliphatic rings. The monoisotopic (exact) mass is 248 g/mol. The van der Waals surface area contributed by atoms with Crippen LogP contribution >= 0.6 is 0 Å². The number of hydrogen-bond acceptors (Lipinski definition) is 4. The molecule has 1 N–H and O–H groups in total. The second kappa shape index (κ2) is 5.08. The van der Waals surface area contributed by atoms with Crippen molar-refractivity contribution in [2.45, 2.75) is 18.9 Å². The molecule has 1 atom stereocenters. The number of carbonyl (C=O) groups is 2. The van der Waals surface area contributed by atoms with Gasteiger partial charge in [0, 0.05) is 32.6 Å². The van der Waals surface area contributed by atoms with E-state index in [0.717, 1.165) is 5.69 Å². The van der Waals surface area contributed by atoms with Crippen molar-refractivity contribution in [2.75, 3.05) is 19.0 Å². The Morgan fingerprint density at radius 2 is 1.89 bits per heavy atom. The van der Waals surface area contributed by atoms with Gasteiger partial charge in [0.05, 0.1) is 0 Å². The molecule has 2 amide bonds. The predicted octanol–water partition coefficient (Wildman–Crippen LogP) is 0.937. The lowest BCUT2D eigenvalue weighted by molar-refractivity contribution is -0.138. The summed E-state index contributed by atoms with van der Waals surface area (Å²) in [5.41, 5.74) is 1.06. The molecule has 18 heavy (non-hydrogen) atoms. The van der Waals surface area contributed by atoms with Gasteiger partial charge in [-0.05, 0) is 24.3 Å². The number of anilines is 1. The van der Waals surface area contributed by atoms with Gasteiger partial charge in [0.25, 0.3) is 5.91 Å². The van der Waals surface area contributed by atoms with Crippen molar-refractivity contribution in [2.24, 2.45) is 0 Å². The number of ether oxygens (including phenoxy) is 1. The van der Waals surface area contributed by atoms with Crippen molar-refractivity contribution < 1.29 is 14.3 Å². The highest BCUT2D eigenvalue weighted by molar-refractivity contribution is 5.99. The molecule has 0 spiro atoms. The SMILES string of the molecule is CN(C)c1ccc(OC2CCC(=O)NC2=O)cc1. The fourth-order valence-corrected chi connectivity index (χ4v) is 1.77. The largest absolute Gasteiger partial charge is 0.481 e. The Morgan fingerprint density at radius 3 is 2.44 bits per heavy atom. The van der Waals surface area contributed by atoms with E-state index in [4.69, 9.17) is 4.74 Å². The van der Waals surface area contributed by atoms with Gasteiger partial charge in [-0.15, -0.1) is 0 Å². The number of nitrogens with one attached hydrogen (secondary N) is 1. The molecule has 1 unspecified atom stereocenters.